The number of nitrogens with zero attached hydrogens (tertiary/aromatic N) is 2. The topological polar surface area (TPSA) is 69.5 Å². The Balaban J connectivity index is 2.79. The van der Waals surface area contributed by atoms with Crippen molar-refractivity contribution in [3.63, 3.8) is 0 Å². The van der Waals surface area contributed by atoms with E-state index in [1.165, 1.54) is 12.1 Å². The zero-order valence-corrected chi connectivity index (χ0v) is 8.37. The number of hydrogen-bond acceptors (Lipinski definition) is 3. The van der Waals surface area contributed by atoms with Crippen molar-refractivity contribution >= 4 is 0 Å². The Labute approximate surface area is 94.2 Å². The summed E-state index contributed by atoms with van der Waals surface area (Å²) in [6, 6.07) is 5.08. The molecule has 0 radical (unpaired) electrons. The number of nitrogens with one attached hydrogen (secondary N) is 1. The molecule has 17 heavy (non-hydrogen) atoms. The lowest BCUT2D eigenvalue weighted by Gasteiger charge is -2.03. The monoisotopic (exact) mass is 233 g/mol. The minimum Gasteiger partial charge on any atom is -0.312 e. The quantitative estimate of drug-likeness (QED) is 0.813. The van der Waals surface area contributed by atoms with E-state index in [-0.39, 0.29) is 16.8 Å². The highest BCUT2D eigenvalue weighted by Crippen LogP contribution is 2.23. The Hall–Kier alpha value is -2.55. The van der Waals surface area contributed by atoms with Crippen LogP contribution in [0.4, 0.5) is 8.78 Å². The van der Waals surface area contributed by atoms with Gasteiger partial charge in [0.05, 0.1) is 12.0 Å². The third-order valence-corrected chi connectivity index (χ3v) is 2.17. The van der Waals surface area contributed by atoms with Crippen LogP contribution in [0.1, 0.15) is 5.56 Å². The van der Waals surface area contributed by atoms with Crippen LogP contribution in [0.15, 0.2) is 29.3 Å². The van der Waals surface area contributed by atoms with Crippen molar-refractivity contribution in [2.75, 3.05) is 0 Å². The minimum atomic E-state index is -1.14. The standard InChI is InChI=1S/C11H5F2N3O/c12-8-3-1-2-6(9(8)13)10-7(4-14)11(17)16-5-15-10/h1-3,5H,(H,15,16,17). The Morgan fingerprint density at radius 2 is 2.12 bits per heavy atom. The molecule has 0 fully saturated rings. The highest BCUT2D eigenvalue weighted by molar-refractivity contribution is 5.66. The molecule has 0 unspecified atom stereocenters. The lowest BCUT2D eigenvalue weighted by molar-refractivity contribution is 0.511. The van der Waals surface area contributed by atoms with Gasteiger partial charge in [-0.3, -0.25) is 4.79 Å². The molecule has 0 aliphatic heterocycles. The first-order chi connectivity index (χ1) is 8.15. The molecule has 2 rings (SSSR count). The number of H-pyrrole nitrogens is 1. The normalized spacial score (nSPS) is 9.94. The van der Waals surface area contributed by atoms with Gasteiger partial charge in [-0.1, -0.05) is 6.07 Å². The van der Waals surface area contributed by atoms with E-state index in [0.717, 1.165) is 12.4 Å². The van der Waals surface area contributed by atoms with Gasteiger partial charge >= 0.3 is 0 Å². The maximum absolute atomic E-state index is 13.5. The van der Waals surface area contributed by atoms with Gasteiger partial charge in [0.25, 0.3) is 5.56 Å². The maximum Gasteiger partial charge on any atom is 0.269 e. The molecule has 1 N–H and O–H groups in total. The van der Waals surface area contributed by atoms with Crippen molar-refractivity contribution in [3.8, 4) is 17.3 Å². The second-order valence-electron chi connectivity index (χ2n) is 3.17. The van der Waals surface area contributed by atoms with Gasteiger partial charge in [0.1, 0.15) is 11.6 Å². The SMILES string of the molecule is N#Cc1c(-c2cccc(F)c2F)nc[nH]c1=O. The molecule has 0 bridgehead atoms. The number of hydrogen-bond donors (Lipinski definition) is 1. The number of benzene rings is 1. The van der Waals surface area contributed by atoms with E-state index < -0.39 is 17.2 Å². The molecule has 1 aromatic carbocycles. The Bertz CT molecular complexity index is 673. The lowest BCUT2D eigenvalue weighted by atomic mass is 10.1. The Morgan fingerprint density at radius 3 is 2.82 bits per heavy atom. The van der Waals surface area contributed by atoms with Gasteiger partial charge < -0.3 is 4.98 Å². The van der Waals surface area contributed by atoms with E-state index in [0.29, 0.717) is 0 Å². The van der Waals surface area contributed by atoms with E-state index in [1.807, 2.05) is 0 Å². The fourth-order valence-electron chi connectivity index (χ4n) is 1.39. The van der Waals surface area contributed by atoms with E-state index in [1.54, 1.807) is 6.07 Å². The molecule has 84 valence electrons. The third-order valence-electron chi connectivity index (χ3n) is 2.17. The fourth-order valence-corrected chi connectivity index (χ4v) is 1.39. The molecule has 0 saturated carbocycles. The summed E-state index contributed by atoms with van der Waals surface area (Å²) < 4.78 is 26.5. The van der Waals surface area contributed by atoms with Crippen molar-refractivity contribution < 1.29 is 8.78 Å². The van der Waals surface area contributed by atoms with Crippen molar-refractivity contribution in [2.45, 2.75) is 0 Å². The number of aromatic nitrogens is 2. The zero-order valence-electron chi connectivity index (χ0n) is 8.37. The summed E-state index contributed by atoms with van der Waals surface area (Å²) in [5.41, 5.74) is -1.43. The molecule has 0 aliphatic rings. The summed E-state index contributed by atoms with van der Waals surface area (Å²) in [4.78, 5) is 17.2. The molecule has 1 heterocycles. The van der Waals surface area contributed by atoms with Gasteiger partial charge in [-0.2, -0.15) is 5.26 Å². The third kappa shape index (κ3) is 1.78. The summed E-state index contributed by atoms with van der Waals surface area (Å²) in [6.07, 6.45) is 1.03. The molecular weight excluding hydrogens is 228 g/mol. The number of halogens is 2. The average molecular weight is 233 g/mol. The first kappa shape index (κ1) is 11.0. The van der Waals surface area contributed by atoms with Crippen molar-refractivity contribution in [1.29, 1.82) is 5.26 Å². The summed E-state index contributed by atoms with van der Waals surface area (Å²) >= 11 is 0. The maximum atomic E-state index is 13.5. The predicted molar refractivity (Wildman–Crippen MR) is 54.9 cm³/mol. The summed E-state index contributed by atoms with van der Waals surface area (Å²) in [5, 5.41) is 8.79. The van der Waals surface area contributed by atoms with Crippen LogP contribution in [-0.2, 0) is 0 Å². The Kier molecular flexibility index (Phi) is 2.66. The number of nitriles is 1. The van der Waals surface area contributed by atoms with Gasteiger partial charge in [-0.15, -0.1) is 0 Å². The van der Waals surface area contributed by atoms with E-state index in [9.17, 15) is 13.6 Å². The van der Waals surface area contributed by atoms with Crippen LogP contribution in [0.3, 0.4) is 0 Å². The van der Waals surface area contributed by atoms with Gasteiger partial charge in [0, 0.05) is 5.56 Å². The molecule has 0 spiro atoms. The van der Waals surface area contributed by atoms with Crippen LogP contribution in [0.5, 0.6) is 0 Å². The predicted octanol–water partition coefficient (Wildman–Crippen LogP) is 1.59. The molecule has 6 heteroatoms. The summed E-state index contributed by atoms with van der Waals surface area (Å²) in [6.45, 7) is 0. The van der Waals surface area contributed by atoms with Crippen LogP contribution in [0, 0.1) is 23.0 Å². The van der Waals surface area contributed by atoms with Crippen LogP contribution in [0.25, 0.3) is 11.3 Å². The van der Waals surface area contributed by atoms with Crippen LogP contribution < -0.4 is 5.56 Å². The van der Waals surface area contributed by atoms with Gasteiger partial charge in [-0.05, 0) is 12.1 Å². The molecule has 1 aromatic heterocycles. The second-order valence-corrected chi connectivity index (χ2v) is 3.17. The smallest absolute Gasteiger partial charge is 0.269 e. The van der Waals surface area contributed by atoms with Crippen molar-refractivity contribution in [3.05, 3.63) is 52.1 Å². The largest absolute Gasteiger partial charge is 0.312 e. The lowest BCUT2D eigenvalue weighted by Crippen LogP contribution is -2.12. The molecule has 0 atom stereocenters. The summed E-state index contributed by atoms with van der Waals surface area (Å²) in [7, 11) is 0. The van der Waals surface area contributed by atoms with Gasteiger partial charge in [0.2, 0.25) is 0 Å². The summed E-state index contributed by atoms with van der Waals surface area (Å²) in [5.74, 6) is -2.20. The van der Waals surface area contributed by atoms with Gasteiger partial charge in [0.15, 0.2) is 11.6 Å². The Morgan fingerprint density at radius 1 is 1.35 bits per heavy atom. The number of aromatic amines is 1. The average Bonchev–Trinajstić information content (AvgIpc) is 2.32. The highest BCUT2D eigenvalue weighted by atomic mass is 19.2. The zero-order chi connectivity index (χ0) is 12.4. The van der Waals surface area contributed by atoms with Crippen LogP contribution >= 0.6 is 0 Å². The van der Waals surface area contributed by atoms with Gasteiger partial charge in [-0.25, -0.2) is 13.8 Å². The number of rotatable bonds is 1. The fraction of sp³-hybridized carbons (Fsp3) is 0. The van der Waals surface area contributed by atoms with E-state index in [4.69, 9.17) is 5.26 Å². The van der Waals surface area contributed by atoms with E-state index in [2.05, 4.69) is 9.97 Å². The first-order valence-corrected chi connectivity index (χ1v) is 4.57. The molecule has 4 nitrogen and oxygen atoms in total. The van der Waals surface area contributed by atoms with Crippen molar-refractivity contribution in [1.82, 2.24) is 9.97 Å². The molecular formula is C11H5F2N3O. The molecule has 0 amide bonds. The molecule has 2 aromatic rings. The molecule has 0 saturated heterocycles. The minimum absolute atomic E-state index is 0.173. The van der Waals surface area contributed by atoms with Crippen molar-refractivity contribution in [2.24, 2.45) is 0 Å². The van der Waals surface area contributed by atoms with Crippen LogP contribution in [0.2, 0.25) is 0 Å². The first-order valence-electron chi connectivity index (χ1n) is 4.57. The van der Waals surface area contributed by atoms with E-state index >= 15 is 0 Å². The highest BCUT2D eigenvalue weighted by Gasteiger charge is 2.16. The molecule has 0 aliphatic carbocycles. The second kappa shape index (κ2) is 4.14. The van der Waals surface area contributed by atoms with Crippen LogP contribution in [-0.4, -0.2) is 9.97 Å².